The number of hydrogen-bond acceptors (Lipinski definition) is 2. The topological polar surface area (TPSA) is 43.8 Å². The first-order valence-electron chi connectivity index (χ1n) is 5.29. The van der Waals surface area contributed by atoms with Crippen LogP contribution in [0.4, 0.5) is 0 Å². The van der Waals surface area contributed by atoms with Crippen LogP contribution in [0.1, 0.15) is 43.5 Å². The van der Waals surface area contributed by atoms with Crippen LogP contribution in [0.15, 0.2) is 6.20 Å². The Morgan fingerprint density at radius 2 is 2.21 bits per heavy atom. The molecule has 2 N–H and O–H groups in total. The number of aryl methyl sites for hydroxylation is 2. The van der Waals surface area contributed by atoms with Crippen LogP contribution in [0.25, 0.3) is 0 Å². The van der Waals surface area contributed by atoms with Crippen LogP contribution in [-0.2, 0) is 7.05 Å². The number of aromatic nitrogens is 2. The van der Waals surface area contributed by atoms with Crippen molar-refractivity contribution in [2.24, 2.45) is 18.2 Å². The lowest BCUT2D eigenvalue weighted by atomic mass is 9.65. The Labute approximate surface area is 85.3 Å². The molecule has 0 bridgehead atoms. The van der Waals surface area contributed by atoms with E-state index in [-0.39, 0.29) is 6.04 Å². The largest absolute Gasteiger partial charge is 0.322 e. The number of rotatable bonds is 2. The van der Waals surface area contributed by atoms with Gasteiger partial charge in [-0.05, 0) is 30.7 Å². The van der Waals surface area contributed by atoms with Crippen molar-refractivity contribution < 1.29 is 0 Å². The highest BCUT2D eigenvalue weighted by Gasteiger charge is 2.40. The summed E-state index contributed by atoms with van der Waals surface area (Å²) in [7, 11) is 1.95. The van der Waals surface area contributed by atoms with E-state index in [0.717, 1.165) is 5.69 Å². The fourth-order valence-electron chi connectivity index (χ4n) is 2.31. The molecule has 3 heteroatoms. The molecule has 1 aliphatic rings. The van der Waals surface area contributed by atoms with Gasteiger partial charge in [-0.15, -0.1) is 0 Å². The fourth-order valence-corrected chi connectivity index (χ4v) is 2.31. The van der Waals surface area contributed by atoms with Crippen molar-refractivity contribution >= 4 is 0 Å². The van der Waals surface area contributed by atoms with Gasteiger partial charge >= 0.3 is 0 Å². The van der Waals surface area contributed by atoms with E-state index in [2.05, 4.69) is 18.9 Å². The Kier molecular flexibility index (Phi) is 2.14. The molecular weight excluding hydrogens is 174 g/mol. The lowest BCUT2D eigenvalue weighted by Gasteiger charge is -2.42. The van der Waals surface area contributed by atoms with Crippen molar-refractivity contribution in [1.29, 1.82) is 0 Å². The molecule has 0 aliphatic heterocycles. The molecule has 0 aromatic carbocycles. The van der Waals surface area contributed by atoms with E-state index in [4.69, 9.17) is 5.73 Å². The van der Waals surface area contributed by atoms with Crippen LogP contribution in [0.5, 0.6) is 0 Å². The Balaban J connectivity index is 2.26. The van der Waals surface area contributed by atoms with Crippen molar-refractivity contribution in [3.05, 3.63) is 17.5 Å². The highest BCUT2D eigenvalue weighted by molar-refractivity contribution is 5.21. The summed E-state index contributed by atoms with van der Waals surface area (Å²) in [6.07, 6.45) is 5.83. The van der Waals surface area contributed by atoms with Gasteiger partial charge in [0, 0.05) is 13.2 Å². The molecule has 1 unspecified atom stereocenters. The third-order valence-corrected chi connectivity index (χ3v) is 3.59. The summed E-state index contributed by atoms with van der Waals surface area (Å²) in [6, 6.07) is 0.109. The van der Waals surface area contributed by atoms with E-state index < -0.39 is 0 Å². The van der Waals surface area contributed by atoms with E-state index in [1.54, 1.807) is 0 Å². The third kappa shape index (κ3) is 1.36. The van der Waals surface area contributed by atoms with Crippen LogP contribution in [-0.4, -0.2) is 9.78 Å². The van der Waals surface area contributed by atoms with E-state index in [1.807, 2.05) is 17.9 Å². The zero-order valence-corrected chi connectivity index (χ0v) is 9.25. The van der Waals surface area contributed by atoms with E-state index in [9.17, 15) is 0 Å². The maximum absolute atomic E-state index is 6.27. The summed E-state index contributed by atoms with van der Waals surface area (Å²) in [4.78, 5) is 0. The zero-order valence-electron chi connectivity index (χ0n) is 9.25. The molecule has 1 aromatic rings. The second-order valence-corrected chi connectivity index (χ2v) is 4.86. The number of nitrogens with two attached hydrogens (primary N) is 1. The van der Waals surface area contributed by atoms with Crippen LogP contribution in [0.2, 0.25) is 0 Å². The summed E-state index contributed by atoms with van der Waals surface area (Å²) in [5.74, 6) is 0. The molecule has 1 saturated carbocycles. The van der Waals surface area contributed by atoms with Gasteiger partial charge in [-0.2, -0.15) is 5.10 Å². The molecule has 1 aliphatic carbocycles. The van der Waals surface area contributed by atoms with Gasteiger partial charge in [0.15, 0.2) is 0 Å². The average Bonchev–Trinajstić information content (AvgIpc) is 2.40. The van der Waals surface area contributed by atoms with Gasteiger partial charge in [0.1, 0.15) is 0 Å². The van der Waals surface area contributed by atoms with Crippen molar-refractivity contribution in [1.82, 2.24) is 9.78 Å². The molecule has 1 fully saturated rings. The van der Waals surface area contributed by atoms with E-state index >= 15 is 0 Å². The molecule has 0 spiro atoms. The van der Waals surface area contributed by atoms with Gasteiger partial charge in [-0.3, -0.25) is 4.68 Å². The standard InChI is InChI=1S/C11H19N3/c1-8-7-14(3)13-9(8)10(12)11(2)5-4-6-11/h7,10H,4-6,12H2,1-3H3. The van der Waals surface area contributed by atoms with Crippen molar-refractivity contribution in [3.8, 4) is 0 Å². The first kappa shape index (κ1) is 9.71. The molecule has 0 saturated heterocycles. The third-order valence-electron chi connectivity index (χ3n) is 3.59. The summed E-state index contributed by atoms with van der Waals surface area (Å²) >= 11 is 0. The SMILES string of the molecule is Cc1cn(C)nc1C(N)C1(C)CCC1. The van der Waals surface area contributed by atoms with Crippen LogP contribution in [0.3, 0.4) is 0 Å². The normalized spacial score (nSPS) is 21.7. The van der Waals surface area contributed by atoms with Crippen LogP contribution < -0.4 is 5.73 Å². The highest BCUT2D eigenvalue weighted by Crippen LogP contribution is 2.48. The zero-order chi connectivity index (χ0) is 10.3. The summed E-state index contributed by atoms with van der Waals surface area (Å²) < 4.78 is 1.85. The van der Waals surface area contributed by atoms with Gasteiger partial charge in [0.05, 0.1) is 11.7 Å². The monoisotopic (exact) mass is 193 g/mol. The summed E-state index contributed by atoms with van der Waals surface area (Å²) in [5.41, 5.74) is 8.86. The molecule has 0 amide bonds. The van der Waals surface area contributed by atoms with Crippen molar-refractivity contribution in [2.45, 2.75) is 39.2 Å². The highest BCUT2D eigenvalue weighted by atomic mass is 15.3. The van der Waals surface area contributed by atoms with Gasteiger partial charge in [-0.25, -0.2) is 0 Å². The number of nitrogens with zero attached hydrogens (tertiary/aromatic N) is 2. The molecule has 1 heterocycles. The molecule has 2 rings (SSSR count). The molecule has 0 radical (unpaired) electrons. The summed E-state index contributed by atoms with van der Waals surface area (Å²) in [5, 5.41) is 4.45. The van der Waals surface area contributed by atoms with Crippen LogP contribution >= 0.6 is 0 Å². The Bertz CT molecular complexity index is 336. The molecular formula is C11H19N3. The second kappa shape index (κ2) is 3.09. The minimum Gasteiger partial charge on any atom is -0.322 e. The quantitative estimate of drug-likeness (QED) is 0.779. The molecule has 78 valence electrons. The maximum Gasteiger partial charge on any atom is 0.0826 e. The summed E-state index contributed by atoms with van der Waals surface area (Å²) in [6.45, 7) is 4.36. The Morgan fingerprint density at radius 3 is 2.57 bits per heavy atom. The minimum atomic E-state index is 0.109. The number of hydrogen-bond donors (Lipinski definition) is 1. The lowest BCUT2D eigenvalue weighted by Crippen LogP contribution is -2.38. The van der Waals surface area contributed by atoms with Gasteiger partial charge in [-0.1, -0.05) is 13.3 Å². The maximum atomic E-state index is 6.27. The fraction of sp³-hybridized carbons (Fsp3) is 0.727. The minimum absolute atomic E-state index is 0.109. The molecule has 14 heavy (non-hydrogen) atoms. The predicted molar refractivity (Wildman–Crippen MR) is 56.8 cm³/mol. The Hall–Kier alpha value is -0.830. The van der Waals surface area contributed by atoms with Crippen molar-refractivity contribution in [2.75, 3.05) is 0 Å². The first-order chi connectivity index (χ1) is 6.53. The van der Waals surface area contributed by atoms with Gasteiger partial charge in [0.2, 0.25) is 0 Å². The van der Waals surface area contributed by atoms with E-state index in [1.165, 1.54) is 24.8 Å². The van der Waals surface area contributed by atoms with Gasteiger partial charge in [0.25, 0.3) is 0 Å². The van der Waals surface area contributed by atoms with E-state index in [0.29, 0.717) is 5.41 Å². The molecule has 1 aromatic heterocycles. The molecule has 1 atom stereocenters. The first-order valence-corrected chi connectivity index (χ1v) is 5.29. The Morgan fingerprint density at radius 1 is 1.57 bits per heavy atom. The average molecular weight is 193 g/mol. The predicted octanol–water partition coefficient (Wildman–Crippen LogP) is 1.92. The van der Waals surface area contributed by atoms with Crippen LogP contribution in [0, 0.1) is 12.3 Å². The molecule has 3 nitrogen and oxygen atoms in total. The second-order valence-electron chi connectivity index (χ2n) is 4.86. The smallest absolute Gasteiger partial charge is 0.0826 e. The van der Waals surface area contributed by atoms with Crippen molar-refractivity contribution in [3.63, 3.8) is 0 Å². The lowest BCUT2D eigenvalue weighted by molar-refractivity contribution is 0.116. The van der Waals surface area contributed by atoms with Gasteiger partial charge < -0.3 is 5.73 Å².